The number of hydrogen-bond acceptors (Lipinski definition) is 3. The van der Waals surface area contributed by atoms with E-state index in [1.54, 1.807) is 14.2 Å². The standard InChI is InChI=1S/C15H24BrNO2/c1-4-5-6-7-8-13(17)11-9-15(19-3)12(16)10-14(11)18-2/h9-10,13H,4-8,17H2,1-3H3. The maximum Gasteiger partial charge on any atom is 0.133 e. The van der Waals surface area contributed by atoms with Crippen molar-refractivity contribution < 1.29 is 9.47 Å². The number of halogens is 1. The summed E-state index contributed by atoms with van der Waals surface area (Å²) in [6.45, 7) is 2.21. The minimum absolute atomic E-state index is 0.00574. The van der Waals surface area contributed by atoms with Crippen LogP contribution in [0.5, 0.6) is 11.5 Å². The second-order valence-electron chi connectivity index (χ2n) is 4.68. The number of benzene rings is 1. The van der Waals surface area contributed by atoms with Gasteiger partial charge in [0.1, 0.15) is 11.5 Å². The number of hydrogen-bond donors (Lipinski definition) is 1. The number of methoxy groups -OCH3 is 2. The molecule has 1 aromatic rings. The van der Waals surface area contributed by atoms with Crippen LogP contribution in [0, 0.1) is 0 Å². The van der Waals surface area contributed by atoms with Crippen molar-refractivity contribution in [1.29, 1.82) is 0 Å². The largest absolute Gasteiger partial charge is 0.496 e. The first-order valence-electron chi connectivity index (χ1n) is 6.81. The van der Waals surface area contributed by atoms with Gasteiger partial charge in [0.15, 0.2) is 0 Å². The lowest BCUT2D eigenvalue weighted by molar-refractivity contribution is 0.391. The summed E-state index contributed by atoms with van der Waals surface area (Å²) < 4.78 is 11.6. The third-order valence-electron chi connectivity index (χ3n) is 3.27. The predicted octanol–water partition coefficient (Wildman–Crippen LogP) is 4.44. The zero-order valence-electron chi connectivity index (χ0n) is 12.0. The first-order valence-corrected chi connectivity index (χ1v) is 7.60. The minimum atomic E-state index is -0.00574. The Balaban J connectivity index is 2.79. The molecule has 1 atom stereocenters. The van der Waals surface area contributed by atoms with E-state index in [9.17, 15) is 0 Å². The fourth-order valence-corrected chi connectivity index (χ4v) is 2.60. The number of unbranched alkanes of at least 4 members (excludes halogenated alkanes) is 3. The molecule has 0 amide bonds. The van der Waals surface area contributed by atoms with Gasteiger partial charge < -0.3 is 15.2 Å². The molecule has 0 fully saturated rings. The zero-order valence-corrected chi connectivity index (χ0v) is 13.6. The van der Waals surface area contributed by atoms with E-state index in [0.717, 1.165) is 34.4 Å². The lowest BCUT2D eigenvalue weighted by atomic mass is 9.99. The molecular formula is C15H24BrNO2. The van der Waals surface area contributed by atoms with Crippen molar-refractivity contribution in [2.75, 3.05) is 14.2 Å². The fourth-order valence-electron chi connectivity index (χ4n) is 2.12. The zero-order chi connectivity index (χ0) is 14.3. The highest BCUT2D eigenvalue weighted by Gasteiger charge is 2.15. The third-order valence-corrected chi connectivity index (χ3v) is 3.89. The number of ether oxygens (including phenoxy) is 2. The highest BCUT2D eigenvalue weighted by molar-refractivity contribution is 9.10. The second kappa shape index (κ2) is 8.43. The third kappa shape index (κ3) is 4.69. The van der Waals surface area contributed by atoms with Crippen molar-refractivity contribution in [1.82, 2.24) is 0 Å². The molecule has 2 N–H and O–H groups in total. The van der Waals surface area contributed by atoms with Crippen LogP contribution in [0.25, 0.3) is 0 Å². The van der Waals surface area contributed by atoms with Gasteiger partial charge in [0.25, 0.3) is 0 Å². The molecule has 0 aliphatic rings. The SMILES string of the molecule is CCCCCCC(N)c1cc(OC)c(Br)cc1OC. The summed E-state index contributed by atoms with van der Waals surface area (Å²) in [6, 6.07) is 3.88. The molecular weight excluding hydrogens is 306 g/mol. The van der Waals surface area contributed by atoms with Gasteiger partial charge in [0.05, 0.1) is 18.7 Å². The molecule has 1 aromatic carbocycles. The molecule has 1 rings (SSSR count). The predicted molar refractivity (Wildman–Crippen MR) is 82.9 cm³/mol. The molecule has 0 radical (unpaired) electrons. The molecule has 0 saturated heterocycles. The quantitative estimate of drug-likeness (QED) is 0.717. The van der Waals surface area contributed by atoms with E-state index in [1.807, 2.05) is 12.1 Å². The molecule has 4 heteroatoms. The van der Waals surface area contributed by atoms with Crippen molar-refractivity contribution in [3.63, 3.8) is 0 Å². The first kappa shape index (κ1) is 16.3. The summed E-state index contributed by atoms with van der Waals surface area (Å²) >= 11 is 3.46. The Labute approximate surface area is 124 Å². The molecule has 108 valence electrons. The molecule has 0 bridgehead atoms. The van der Waals surface area contributed by atoms with Gasteiger partial charge in [-0.25, -0.2) is 0 Å². The monoisotopic (exact) mass is 329 g/mol. The normalized spacial score (nSPS) is 12.3. The van der Waals surface area contributed by atoms with Gasteiger partial charge in [0, 0.05) is 11.6 Å². The smallest absolute Gasteiger partial charge is 0.133 e. The van der Waals surface area contributed by atoms with Gasteiger partial charge >= 0.3 is 0 Å². The highest BCUT2D eigenvalue weighted by atomic mass is 79.9. The molecule has 19 heavy (non-hydrogen) atoms. The Hall–Kier alpha value is -0.740. The Kier molecular flexibility index (Phi) is 7.24. The van der Waals surface area contributed by atoms with Crippen LogP contribution in [0.4, 0.5) is 0 Å². The van der Waals surface area contributed by atoms with Crippen LogP contribution in [-0.4, -0.2) is 14.2 Å². The lowest BCUT2D eigenvalue weighted by Crippen LogP contribution is -2.12. The Bertz CT molecular complexity index is 396. The summed E-state index contributed by atoms with van der Waals surface area (Å²) in [6.07, 6.45) is 5.87. The van der Waals surface area contributed by atoms with E-state index in [4.69, 9.17) is 15.2 Å². The van der Waals surface area contributed by atoms with E-state index >= 15 is 0 Å². The van der Waals surface area contributed by atoms with Gasteiger partial charge in [-0.05, 0) is 34.5 Å². The molecule has 0 heterocycles. The van der Waals surface area contributed by atoms with Crippen LogP contribution in [-0.2, 0) is 0 Å². The molecule has 0 aromatic heterocycles. The topological polar surface area (TPSA) is 44.5 Å². The van der Waals surface area contributed by atoms with Crippen LogP contribution in [0.3, 0.4) is 0 Å². The molecule has 0 spiro atoms. The van der Waals surface area contributed by atoms with Gasteiger partial charge in [-0.1, -0.05) is 32.6 Å². The fraction of sp³-hybridized carbons (Fsp3) is 0.600. The van der Waals surface area contributed by atoms with Crippen LogP contribution >= 0.6 is 15.9 Å². The van der Waals surface area contributed by atoms with E-state index < -0.39 is 0 Å². The highest BCUT2D eigenvalue weighted by Crippen LogP contribution is 2.36. The summed E-state index contributed by atoms with van der Waals surface area (Å²) in [5.74, 6) is 1.61. The summed E-state index contributed by atoms with van der Waals surface area (Å²) in [4.78, 5) is 0. The van der Waals surface area contributed by atoms with Gasteiger partial charge in [-0.3, -0.25) is 0 Å². The van der Waals surface area contributed by atoms with Crippen LogP contribution in [0.2, 0.25) is 0 Å². The average molecular weight is 330 g/mol. The van der Waals surface area contributed by atoms with E-state index in [0.29, 0.717) is 0 Å². The van der Waals surface area contributed by atoms with Crippen molar-refractivity contribution in [3.05, 3.63) is 22.2 Å². The minimum Gasteiger partial charge on any atom is -0.496 e. The number of nitrogens with two attached hydrogens (primary N) is 1. The molecule has 0 saturated carbocycles. The first-order chi connectivity index (χ1) is 9.13. The van der Waals surface area contributed by atoms with Gasteiger partial charge in [-0.15, -0.1) is 0 Å². The van der Waals surface area contributed by atoms with Gasteiger partial charge in [-0.2, -0.15) is 0 Å². The van der Waals surface area contributed by atoms with Gasteiger partial charge in [0.2, 0.25) is 0 Å². The maximum absolute atomic E-state index is 6.28. The van der Waals surface area contributed by atoms with Crippen LogP contribution in [0.15, 0.2) is 16.6 Å². The molecule has 3 nitrogen and oxygen atoms in total. The maximum atomic E-state index is 6.28. The van der Waals surface area contributed by atoms with E-state index in [1.165, 1.54) is 19.3 Å². The molecule has 0 aliphatic heterocycles. The molecule has 1 unspecified atom stereocenters. The summed E-state index contributed by atoms with van der Waals surface area (Å²) in [5, 5.41) is 0. The van der Waals surface area contributed by atoms with Crippen molar-refractivity contribution in [2.24, 2.45) is 5.73 Å². The Morgan fingerprint density at radius 1 is 1.11 bits per heavy atom. The Morgan fingerprint density at radius 3 is 2.37 bits per heavy atom. The van der Waals surface area contributed by atoms with Crippen LogP contribution < -0.4 is 15.2 Å². The average Bonchev–Trinajstić information content (AvgIpc) is 2.42. The summed E-state index contributed by atoms with van der Waals surface area (Å²) in [5.41, 5.74) is 7.29. The van der Waals surface area contributed by atoms with Crippen molar-refractivity contribution in [2.45, 2.75) is 45.1 Å². The van der Waals surface area contributed by atoms with E-state index in [2.05, 4.69) is 22.9 Å². The summed E-state index contributed by atoms with van der Waals surface area (Å²) in [7, 11) is 3.32. The Morgan fingerprint density at radius 2 is 1.79 bits per heavy atom. The lowest BCUT2D eigenvalue weighted by Gasteiger charge is -2.17. The second-order valence-corrected chi connectivity index (χ2v) is 5.54. The number of rotatable bonds is 8. The van der Waals surface area contributed by atoms with E-state index in [-0.39, 0.29) is 6.04 Å². The van der Waals surface area contributed by atoms with Crippen LogP contribution in [0.1, 0.15) is 50.6 Å². The molecule has 0 aliphatic carbocycles. The van der Waals surface area contributed by atoms with Crippen molar-refractivity contribution in [3.8, 4) is 11.5 Å². The van der Waals surface area contributed by atoms with Crippen molar-refractivity contribution >= 4 is 15.9 Å².